The molecule has 4 bridgehead atoms. The summed E-state index contributed by atoms with van der Waals surface area (Å²) in [6, 6.07) is 25.5. The summed E-state index contributed by atoms with van der Waals surface area (Å²) in [5, 5.41) is 26.8. The number of hydrogen-bond acceptors (Lipinski definition) is 10. The van der Waals surface area contributed by atoms with E-state index in [1.165, 1.54) is 18.6 Å². The average molecular weight is 1010 g/mol. The van der Waals surface area contributed by atoms with Crippen LogP contribution in [0.4, 0.5) is 5.69 Å². The quantitative estimate of drug-likeness (QED) is 0.0975. The number of esters is 1. The van der Waals surface area contributed by atoms with Crippen LogP contribution in [-0.4, -0.2) is 63.6 Å². The number of ether oxygens (including phenoxy) is 3. The molecule has 12 heteroatoms. The molecular formula is C63H68N4O8. The first-order valence-electron chi connectivity index (χ1n) is 26.6. The number of nitrogens with zero attached hydrogens (tertiary/aromatic N) is 2. The number of H-pyrrole nitrogens is 1. The maximum atomic E-state index is 14.9. The summed E-state index contributed by atoms with van der Waals surface area (Å²) >= 11 is 0. The lowest BCUT2D eigenvalue weighted by Crippen LogP contribution is -2.36. The number of phenols is 2. The Kier molecular flexibility index (Phi) is 15.2. The van der Waals surface area contributed by atoms with Crippen molar-refractivity contribution < 1.29 is 38.8 Å². The zero-order valence-electron chi connectivity index (χ0n) is 43.2. The van der Waals surface area contributed by atoms with Crippen molar-refractivity contribution in [2.75, 3.05) is 25.1 Å². The number of rotatable bonds is 10. The normalized spacial score (nSPS) is 22.5. The number of Topliss-reactive ketones (excluding diaryl/α,β-unsaturated/α-hetero) is 2. The third-order valence-corrected chi connectivity index (χ3v) is 16.1. The molecule has 75 heavy (non-hydrogen) atoms. The lowest BCUT2D eigenvalue weighted by Gasteiger charge is -2.38. The Labute approximate surface area is 439 Å². The summed E-state index contributed by atoms with van der Waals surface area (Å²) in [4.78, 5) is 47.4. The van der Waals surface area contributed by atoms with Gasteiger partial charge in [-0.3, -0.25) is 14.4 Å². The third-order valence-electron chi connectivity index (χ3n) is 16.1. The number of carbonyl (C=O) groups is 3. The average Bonchev–Trinajstić information content (AvgIpc) is 4.21. The molecule has 5 unspecified atom stereocenters. The van der Waals surface area contributed by atoms with Crippen LogP contribution in [0.2, 0.25) is 0 Å². The Morgan fingerprint density at radius 2 is 1.64 bits per heavy atom. The molecule has 1 spiro atoms. The Morgan fingerprint density at radius 3 is 2.43 bits per heavy atom. The molecule has 10 rings (SSSR count). The van der Waals surface area contributed by atoms with Crippen molar-refractivity contribution >= 4 is 34.0 Å². The Hall–Kier alpha value is -7.73. The lowest BCUT2D eigenvalue weighted by atomic mass is 9.66. The van der Waals surface area contributed by atoms with Crippen LogP contribution in [0, 0.1) is 17.3 Å². The van der Waals surface area contributed by atoms with Gasteiger partial charge in [-0.05, 0) is 126 Å². The number of ketones is 2. The van der Waals surface area contributed by atoms with Crippen LogP contribution in [0.25, 0.3) is 10.8 Å². The predicted molar refractivity (Wildman–Crippen MR) is 292 cm³/mol. The lowest BCUT2D eigenvalue weighted by molar-refractivity contribution is -0.148. The number of fused-ring (bicyclic) bond motifs is 3. The molecule has 388 valence electrons. The van der Waals surface area contributed by atoms with E-state index in [0.29, 0.717) is 62.4 Å². The van der Waals surface area contributed by atoms with Crippen molar-refractivity contribution in [2.45, 2.75) is 103 Å². The molecule has 2 aliphatic carbocycles. The zero-order chi connectivity index (χ0) is 52.1. The number of allylic oxidation sites excluding steroid dienone is 6. The van der Waals surface area contributed by atoms with Crippen molar-refractivity contribution in [3.8, 4) is 28.7 Å². The number of aromatic nitrogens is 2. The highest BCUT2D eigenvalue weighted by molar-refractivity contribution is 5.95. The molecule has 2 aliphatic heterocycles. The first kappa shape index (κ1) is 50.8. The maximum Gasteiger partial charge on any atom is 0.302 e. The molecule has 4 aromatic carbocycles. The van der Waals surface area contributed by atoms with E-state index in [1.807, 2.05) is 36.4 Å². The second-order valence-corrected chi connectivity index (χ2v) is 21.0. The Bertz CT molecular complexity index is 3190. The number of anilines is 1. The van der Waals surface area contributed by atoms with Crippen molar-refractivity contribution in [3.63, 3.8) is 0 Å². The molecule has 4 heterocycles. The number of hydrogen-bond donors (Lipinski definition) is 4. The van der Waals surface area contributed by atoms with Gasteiger partial charge in [-0.25, -0.2) is 0 Å². The largest absolute Gasteiger partial charge is 0.508 e. The van der Waals surface area contributed by atoms with Crippen LogP contribution in [0.5, 0.6) is 28.7 Å². The Morgan fingerprint density at radius 1 is 0.840 bits per heavy atom. The number of aromatic amines is 1. The molecule has 4 aliphatic rings. The van der Waals surface area contributed by atoms with Crippen molar-refractivity contribution in [1.82, 2.24) is 14.9 Å². The summed E-state index contributed by atoms with van der Waals surface area (Å²) in [6.45, 7) is 4.64. The molecule has 1 fully saturated rings. The number of dihydropyridines is 1. The fraction of sp³-hybridized carbons (Fsp3) is 0.349. The number of benzene rings is 4. The topological polar surface area (TPSA) is 155 Å². The number of phenolic OH excluding ortho intramolecular Hbond substituents is 2. The van der Waals surface area contributed by atoms with Gasteiger partial charge in [-0.2, -0.15) is 0 Å². The van der Waals surface area contributed by atoms with E-state index in [-0.39, 0.29) is 59.1 Å². The van der Waals surface area contributed by atoms with Crippen LogP contribution in [-0.2, 0) is 32.0 Å². The van der Waals surface area contributed by atoms with Crippen molar-refractivity contribution in [1.29, 1.82) is 0 Å². The molecule has 12 nitrogen and oxygen atoms in total. The van der Waals surface area contributed by atoms with Gasteiger partial charge >= 0.3 is 5.97 Å². The number of nitrogens with one attached hydrogen (secondary N) is 2. The molecule has 6 aromatic rings. The predicted octanol–water partition coefficient (Wildman–Crippen LogP) is 12.5. The zero-order valence-corrected chi connectivity index (χ0v) is 43.2. The second kappa shape index (κ2) is 22.4. The summed E-state index contributed by atoms with van der Waals surface area (Å²) < 4.78 is 20.3. The molecule has 0 radical (unpaired) electrons. The first-order valence-corrected chi connectivity index (χ1v) is 26.6. The van der Waals surface area contributed by atoms with E-state index in [1.54, 1.807) is 31.4 Å². The van der Waals surface area contributed by atoms with Gasteiger partial charge in [0, 0.05) is 92.7 Å². The molecule has 4 N–H and O–H groups in total. The van der Waals surface area contributed by atoms with Crippen LogP contribution in [0.15, 0.2) is 158 Å². The summed E-state index contributed by atoms with van der Waals surface area (Å²) in [5.74, 6) is 2.33. The summed E-state index contributed by atoms with van der Waals surface area (Å²) in [5.41, 5.74) is 5.79. The van der Waals surface area contributed by atoms with Gasteiger partial charge in [0.25, 0.3) is 0 Å². The van der Waals surface area contributed by atoms with E-state index in [9.17, 15) is 24.6 Å². The standard InChI is InChI=1S/C63H68N4O8/c1-41-11-6-7-25-63(41)26-22-54(74-42(2)68)34-52(71)35-58(46-20-21-60(61(31-46)73-3)75-53-18-10-17-51(70)33-53)66-39-47-15-9-19-57(56(47)40-66)67(28-24-59(72)43-12-4-5-13-43)62-32-45(23-27-65-62)55(44-14-8-16-50(69)29-44)30-48-37-64-38-49(48)36-63/h6-11,14-21,23,25,29,31-33,37-41,43,54-55,58,64-65,69-70H,4-5,12-13,22,24,26-28,30,34-36H2,1-3H3. The summed E-state index contributed by atoms with van der Waals surface area (Å²) in [6.07, 6.45) is 27.9. The highest BCUT2D eigenvalue weighted by Crippen LogP contribution is 2.45. The number of carbonyl (C=O) groups excluding carboxylic acids is 3. The van der Waals surface area contributed by atoms with Crippen LogP contribution in [0.3, 0.4) is 0 Å². The second-order valence-electron chi connectivity index (χ2n) is 21.0. The van der Waals surface area contributed by atoms with E-state index in [2.05, 4.69) is 106 Å². The first-order chi connectivity index (χ1) is 36.4. The van der Waals surface area contributed by atoms with Gasteiger partial charge in [0.15, 0.2) is 11.5 Å². The van der Waals surface area contributed by atoms with E-state index in [0.717, 1.165) is 70.2 Å². The maximum absolute atomic E-state index is 14.9. The van der Waals surface area contributed by atoms with Crippen LogP contribution in [0.1, 0.15) is 106 Å². The van der Waals surface area contributed by atoms with E-state index in [4.69, 9.17) is 14.2 Å². The molecule has 2 aromatic heterocycles. The third kappa shape index (κ3) is 11.5. The summed E-state index contributed by atoms with van der Waals surface area (Å²) in [7, 11) is 1.57. The van der Waals surface area contributed by atoms with Gasteiger partial charge < -0.3 is 44.2 Å². The van der Waals surface area contributed by atoms with Gasteiger partial charge in [0.2, 0.25) is 0 Å². The van der Waals surface area contributed by atoms with Gasteiger partial charge in [-0.15, -0.1) is 0 Å². The minimum atomic E-state index is -0.663. The van der Waals surface area contributed by atoms with E-state index >= 15 is 0 Å². The van der Waals surface area contributed by atoms with Gasteiger partial charge in [-0.1, -0.05) is 86.5 Å². The van der Waals surface area contributed by atoms with Gasteiger partial charge in [0.05, 0.1) is 18.8 Å². The molecule has 1 saturated carbocycles. The molecular weight excluding hydrogens is 941 g/mol. The molecule has 0 saturated heterocycles. The molecule has 0 amide bonds. The number of methoxy groups -OCH3 is 1. The molecule has 5 atom stereocenters. The Balaban J connectivity index is 1.12. The van der Waals surface area contributed by atoms with Crippen LogP contribution >= 0.6 is 0 Å². The fourth-order valence-corrected chi connectivity index (χ4v) is 12.0. The van der Waals surface area contributed by atoms with Crippen molar-refractivity contribution in [2.24, 2.45) is 17.3 Å². The monoisotopic (exact) mass is 1010 g/mol. The SMILES string of the molecule is COc1cc(C2CC(=O)CC(OC(C)=O)CCC3(C=CC=CC3C)Cc3c[nH]cc3CC(c3cccc(O)c3)C3=CCNC(=C3)N(CCC(=O)C3CCCC3)c3cccc4cn2cc34)ccc1Oc1cccc(O)c1. The van der Waals surface area contributed by atoms with Crippen molar-refractivity contribution in [3.05, 3.63) is 180 Å². The highest BCUT2D eigenvalue weighted by atomic mass is 16.5. The van der Waals surface area contributed by atoms with Crippen LogP contribution < -0.4 is 19.7 Å². The smallest absolute Gasteiger partial charge is 0.302 e. The number of aromatic hydroxyl groups is 2. The minimum Gasteiger partial charge on any atom is -0.508 e. The fourth-order valence-electron chi connectivity index (χ4n) is 12.0. The van der Waals surface area contributed by atoms with E-state index < -0.39 is 18.1 Å². The van der Waals surface area contributed by atoms with Gasteiger partial charge in [0.1, 0.15) is 40.7 Å². The highest BCUT2D eigenvalue weighted by Gasteiger charge is 2.37. The minimum absolute atomic E-state index is 0.0285.